The Morgan fingerprint density at radius 3 is 2.93 bits per heavy atom. The molecule has 2 rings (SSSR count). The van der Waals surface area contributed by atoms with E-state index in [0.717, 1.165) is 5.75 Å². The Balaban J connectivity index is 2.12. The van der Waals surface area contributed by atoms with Crippen LogP contribution >= 0.6 is 0 Å². The van der Waals surface area contributed by atoms with Crippen molar-refractivity contribution in [3.05, 3.63) is 29.8 Å². The molecule has 0 radical (unpaired) electrons. The highest BCUT2D eigenvalue weighted by atomic mass is 16.5. The van der Waals surface area contributed by atoms with Gasteiger partial charge in [-0.15, -0.1) is 0 Å². The maximum atomic E-state index is 6.11. The van der Waals surface area contributed by atoms with Gasteiger partial charge in [0, 0.05) is 6.04 Å². The summed E-state index contributed by atoms with van der Waals surface area (Å²) in [6.45, 7) is 2.70. The Morgan fingerprint density at radius 2 is 2.29 bits per heavy atom. The molecule has 14 heavy (non-hydrogen) atoms. The summed E-state index contributed by atoms with van der Waals surface area (Å²) in [5, 5.41) is 0. The van der Waals surface area contributed by atoms with Gasteiger partial charge in [0.25, 0.3) is 0 Å². The minimum absolute atomic E-state index is 0.204. The SMILES string of the molecule is CCOc1cccc([C@@H](N)C2CC2)c1. The van der Waals surface area contributed by atoms with Crippen LogP contribution in [0.25, 0.3) is 0 Å². The van der Waals surface area contributed by atoms with Gasteiger partial charge in [-0.05, 0) is 43.4 Å². The summed E-state index contributed by atoms with van der Waals surface area (Å²) in [5.41, 5.74) is 7.32. The van der Waals surface area contributed by atoms with E-state index in [-0.39, 0.29) is 6.04 Å². The second kappa shape index (κ2) is 4.01. The Bertz CT molecular complexity index is 307. The largest absolute Gasteiger partial charge is 0.494 e. The van der Waals surface area contributed by atoms with Crippen LogP contribution in [0.2, 0.25) is 0 Å². The van der Waals surface area contributed by atoms with E-state index < -0.39 is 0 Å². The molecule has 1 saturated carbocycles. The van der Waals surface area contributed by atoms with Gasteiger partial charge in [0.1, 0.15) is 5.75 Å². The van der Waals surface area contributed by atoms with Crippen LogP contribution in [-0.4, -0.2) is 6.61 Å². The first-order valence-electron chi connectivity index (χ1n) is 5.29. The first kappa shape index (κ1) is 9.53. The zero-order valence-corrected chi connectivity index (χ0v) is 8.57. The van der Waals surface area contributed by atoms with Gasteiger partial charge in [-0.1, -0.05) is 12.1 Å². The summed E-state index contributed by atoms with van der Waals surface area (Å²) in [5.74, 6) is 1.63. The summed E-state index contributed by atoms with van der Waals surface area (Å²) < 4.78 is 5.44. The second-order valence-electron chi connectivity index (χ2n) is 3.87. The average Bonchev–Trinajstić information content (AvgIpc) is 3.01. The van der Waals surface area contributed by atoms with Crippen LogP contribution in [-0.2, 0) is 0 Å². The molecule has 76 valence electrons. The summed E-state index contributed by atoms with van der Waals surface area (Å²) in [7, 11) is 0. The molecule has 0 aliphatic heterocycles. The molecule has 2 N–H and O–H groups in total. The summed E-state index contributed by atoms with van der Waals surface area (Å²) in [4.78, 5) is 0. The molecule has 1 aromatic rings. The number of hydrogen-bond acceptors (Lipinski definition) is 2. The Kier molecular flexibility index (Phi) is 2.73. The van der Waals surface area contributed by atoms with E-state index in [1.165, 1.54) is 18.4 Å². The summed E-state index contributed by atoms with van der Waals surface area (Å²) >= 11 is 0. The van der Waals surface area contributed by atoms with E-state index in [1.54, 1.807) is 0 Å². The van der Waals surface area contributed by atoms with E-state index >= 15 is 0 Å². The molecule has 0 aromatic heterocycles. The number of hydrogen-bond donors (Lipinski definition) is 1. The third-order valence-electron chi connectivity index (χ3n) is 2.68. The van der Waals surface area contributed by atoms with E-state index in [2.05, 4.69) is 12.1 Å². The third kappa shape index (κ3) is 2.07. The molecule has 2 heteroatoms. The van der Waals surface area contributed by atoms with E-state index in [4.69, 9.17) is 10.5 Å². The van der Waals surface area contributed by atoms with Crippen LogP contribution < -0.4 is 10.5 Å². The molecule has 0 spiro atoms. The second-order valence-corrected chi connectivity index (χ2v) is 3.87. The van der Waals surface area contributed by atoms with Crippen molar-refractivity contribution in [3.63, 3.8) is 0 Å². The molecule has 0 amide bonds. The van der Waals surface area contributed by atoms with Crippen LogP contribution in [0.5, 0.6) is 5.75 Å². The van der Waals surface area contributed by atoms with E-state index in [9.17, 15) is 0 Å². The van der Waals surface area contributed by atoms with Gasteiger partial charge < -0.3 is 10.5 Å². The highest BCUT2D eigenvalue weighted by Gasteiger charge is 2.29. The Hall–Kier alpha value is -1.02. The van der Waals surface area contributed by atoms with Crippen molar-refractivity contribution in [3.8, 4) is 5.75 Å². The molecule has 0 heterocycles. The van der Waals surface area contributed by atoms with Gasteiger partial charge in [0.15, 0.2) is 0 Å². The lowest BCUT2D eigenvalue weighted by molar-refractivity contribution is 0.339. The maximum Gasteiger partial charge on any atom is 0.119 e. The summed E-state index contributed by atoms with van der Waals surface area (Å²) in [6.07, 6.45) is 2.56. The first-order valence-corrected chi connectivity index (χ1v) is 5.29. The van der Waals surface area contributed by atoms with E-state index in [0.29, 0.717) is 12.5 Å². The Morgan fingerprint density at radius 1 is 1.50 bits per heavy atom. The first-order chi connectivity index (χ1) is 6.81. The normalized spacial score (nSPS) is 17.9. The lowest BCUT2D eigenvalue weighted by Gasteiger charge is -2.12. The highest BCUT2D eigenvalue weighted by Crippen LogP contribution is 2.39. The van der Waals surface area contributed by atoms with Gasteiger partial charge in [-0.2, -0.15) is 0 Å². The van der Waals surface area contributed by atoms with Gasteiger partial charge in [0.2, 0.25) is 0 Å². The van der Waals surface area contributed by atoms with E-state index in [1.807, 2.05) is 19.1 Å². The van der Waals surface area contributed by atoms with Crippen molar-refractivity contribution in [2.24, 2.45) is 11.7 Å². The van der Waals surface area contributed by atoms with Crippen molar-refractivity contribution < 1.29 is 4.74 Å². The molecule has 0 unspecified atom stereocenters. The number of benzene rings is 1. The van der Waals surface area contributed by atoms with Crippen LogP contribution in [0, 0.1) is 5.92 Å². The van der Waals surface area contributed by atoms with Crippen molar-refractivity contribution in [1.82, 2.24) is 0 Å². The van der Waals surface area contributed by atoms with Crippen LogP contribution in [0.15, 0.2) is 24.3 Å². The van der Waals surface area contributed by atoms with Crippen LogP contribution in [0.4, 0.5) is 0 Å². The fourth-order valence-electron chi connectivity index (χ4n) is 1.71. The van der Waals surface area contributed by atoms with Gasteiger partial charge in [0.05, 0.1) is 6.61 Å². The highest BCUT2D eigenvalue weighted by molar-refractivity contribution is 5.31. The number of nitrogens with two attached hydrogens (primary N) is 1. The van der Waals surface area contributed by atoms with Crippen molar-refractivity contribution in [2.75, 3.05) is 6.61 Å². The molecular formula is C12H17NO. The van der Waals surface area contributed by atoms with Gasteiger partial charge in [-0.25, -0.2) is 0 Å². The summed E-state index contributed by atoms with van der Waals surface area (Å²) in [6, 6.07) is 8.35. The third-order valence-corrected chi connectivity index (χ3v) is 2.68. The fourth-order valence-corrected chi connectivity index (χ4v) is 1.71. The lowest BCUT2D eigenvalue weighted by Crippen LogP contribution is -2.12. The molecule has 2 nitrogen and oxygen atoms in total. The molecule has 1 aliphatic carbocycles. The molecule has 1 aromatic carbocycles. The lowest BCUT2D eigenvalue weighted by atomic mass is 10.0. The number of rotatable bonds is 4. The molecule has 1 fully saturated rings. The topological polar surface area (TPSA) is 35.2 Å². The van der Waals surface area contributed by atoms with Crippen molar-refractivity contribution in [1.29, 1.82) is 0 Å². The average molecular weight is 191 g/mol. The molecule has 1 aliphatic rings. The Labute approximate surface area is 85.1 Å². The van der Waals surface area contributed by atoms with Crippen LogP contribution in [0.1, 0.15) is 31.4 Å². The molecular weight excluding hydrogens is 174 g/mol. The minimum atomic E-state index is 0.204. The van der Waals surface area contributed by atoms with Crippen molar-refractivity contribution in [2.45, 2.75) is 25.8 Å². The van der Waals surface area contributed by atoms with Gasteiger partial charge in [-0.3, -0.25) is 0 Å². The quantitative estimate of drug-likeness (QED) is 0.793. The molecule has 0 saturated heterocycles. The molecule has 1 atom stereocenters. The predicted molar refractivity (Wildman–Crippen MR) is 57.3 cm³/mol. The zero-order valence-electron chi connectivity index (χ0n) is 8.57. The minimum Gasteiger partial charge on any atom is -0.494 e. The standard InChI is InChI=1S/C12H17NO/c1-2-14-11-5-3-4-10(8-11)12(13)9-6-7-9/h3-5,8-9,12H,2,6-7,13H2,1H3/t12-/m0/s1. The van der Waals surface area contributed by atoms with Crippen LogP contribution in [0.3, 0.4) is 0 Å². The predicted octanol–water partition coefficient (Wildman–Crippen LogP) is 2.50. The van der Waals surface area contributed by atoms with Gasteiger partial charge >= 0.3 is 0 Å². The molecule has 0 bridgehead atoms. The number of ether oxygens (including phenoxy) is 1. The fraction of sp³-hybridized carbons (Fsp3) is 0.500. The maximum absolute atomic E-state index is 6.11. The smallest absolute Gasteiger partial charge is 0.119 e. The zero-order chi connectivity index (χ0) is 9.97. The van der Waals surface area contributed by atoms with Crippen molar-refractivity contribution >= 4 is 0 Å². The monoisotopic (exact) mass is 191 g/mol.